The van der Waals surface area contributed by atoms with Gasteiger partial charge in [0.1, 0.15) is 0 Å². The number of rotatable bonds is 7. The van der Waals surface area contributed by atoms with E-state index in [9.17, 15) is 0 Å². The lowest BCUT2D eigenvalue weighted by Gasteiger charge is -2.22. The highest BCUT2D eigenvalue weighted by atomic mass is 32.2. The van der Waals surface area contributed by atoms with E-state index in [1.54, 1.807) is 0 Å². The summed E-state index contributed by atoms with van der Waals surface area (Å²) in [6.45, 7) is 3.38. The molecule has 0 aromatic carbocycles. The van der Waals surface area contributed by atoms with E-state index >= 15 is 0 Å². The van der Waals surface area contributed by atoms with Crippen LogP contribution in [0.25, 0.3) is 0 Å². The second kappa shape index (κ2) is 7.07. The molecule has 0 radical (unpaired) electrons. The standard InChI is InChI=1S/C13H23N3S/c1-2-17-10-4-7-15-12-5-3-6-13(12)16-9-8-14-11-16/h8-9,11-13,15H,2-7,10H2,1H3. The third-order valence-electron chi connectivity index (χ3n) is 3.46. The van der Waals surface area contributed by atoms with E-state index in [1.807, 2.05) is 24.3 Å². The van der Waals surface area contributed by atoms with Crippen molar-refractivity contribution in [3.63, 3.8) is 0 Å². The second-order valence-corrected chi connectivity index (χ2v) is 6.01. The summed E-state index contributed by atoms with van der Waals surface area (Å²) in [6.07, 6.45) is 11.2. The van der Waals surface area contributed by atoms with Crippen LogP contribution in [-0.4, -0.2) is 33.6 Å². The van der Waals surface area contributed by atoms with E-state index < -0.39 is 0 Å². The van der Waals surface area contributed by atoms with Gasteiger partial charge < -0.3 is 9.88 Å². The van der Waals surface area contributed by atoms with Crippen LogP contribution in [0.1, 0.15) is 38.6 Å². The number of thioether (sulfide) groups is 1. The van der Waals surface area contributed by atoms with Gasteiger partial charge in [-0.1, -0.05) is 6.92 Å². The Balaban J connectivity index is 1.72. The zero-order valence-electron chi connectivity index (χ0n) is 10.6. The summed E-state index contributed by atoms with van der Waals surface area (Å²) in [5.41, 5.74) is 0. The van der Waals surface area contributed by atoms with Gasteiger partial charge in [-0.05, 0) is 43.7 Å². The fourth-order valence-electron chi connectivity index (χ4n) is 2.61. The molecule has 0 amide bonds. The van der Waals surface area contributed by atoms with E-state index in [0.717, 1.165) is 6.54 Å². The van der Waals surface area contributed by atoms with Gasteiger partial charge in [-0.2, -0.15) is 11.8 Å². The molecule has 0 saturated heterocycles. The van der Waals surface area contributed by atoms with Crippen molar-refractivity contribution in [1.82, 2.24) is 14.9 Å². The minimum atomic E-state index is 0.622. The Kier molecular flexibility index (Phi) is 5.39. The Morgan fingerprint density at radius 2 is 2.41 bits per heavy atom. The molecule has 1 aliphatic rings. The molecule has 2 atom stereocenters. The minimum Gasteiger partial charge on any atom is -0.333 e. The number of imidazole rings is 1. The van der Waals surface area contributed by atoms with E-state index in [2.05, 4.69) is 28.0 Å². The molecule has 2 unspecified atom stereocenters. The molecule has 1 fully saturated rings. The third-order valence-corrected chi connectivity index (χ3v) is 4.45. The Morgan fingerprint density at radius 3 is 3.18 bits per heavy atom. The maximum atomic E-state index is 4.15. The number of nitrogens with one attached hydrogen (secondary N) is 1. The smallest absolute Gasteiger partial charge is 0.0949 e. The van der Waals surface area contributed by atoms with Crippen LogP contribution in [-0.2, 0) is 0 Å². The maximum Gasteiger partial charge on any atom is 0.0949 e. The molecule has 0 aliphatic heterocycles. The summed E-state index contributed by atoms with van der Waals surface area (Å²) in [5.74, 6) is 2.52. The van der Waals surface area contributed by atoms with Crippen LogP contribution < -0.4 is 5.32 Å². The molecule has 1 aromatic rings. The first-order chi connectivity index (χ1) is 8.42. The highest BCUT2D eigenvalue weighted by Gasteiger charge is 2.27. The molecule has 0 spiro atoms. The lowest BCUT2D eigenvalue weighted by molar-refractivity contribution is 0.393. The molecule has 2 rings (SSSR count). The third kappa shape index (κ3) is 3.75. The summed E-state index contributed by atoms with van der Waals surface area (Å²) in [7, 11) is 0. The highest BCUT2D eigenvalue weighted by molar-refractivity contribution is 7.99. The van der Waals surface area contributed by atoms with Gasteiger partial charge in [-0.3, -0.25) is 0 Å². The van der Waals surface area contributed by atoms with Crippen LogP contribution >= 0.6 is 11.8 Å². The van der Waals surface area contributed by atoms with Crippen molar-refractivity contribution in [2.45, 2.75) is 44.7 Å². The molecule has 1 N–H and O–H groups in total. The summed E-state index contributed by atoms with van der Waals surface area (Å²) in [6, 6.07) is 1.27. The zero-order chi connectivity index (χ0) is 11.9. The van der Waals surface area contributed by atoms with Crippen LogP contribution in [0.4, 0.5) is 0 Å². The average molecular weight is 253 g/mol. The minimum absolute atomic E-state index is 0.622. The van der Waals surface area contributed by atoms with Crippen molar-refractivity contribution in [3.8, 4) is 0 Å². The van der Waals surface area contributed by atoms with Crippen LogP contribution in [0.3, 0.4) is 0 Å². The zero-order valence-corrected chi connectivity index (χ0v) is 11.5. The summed E-state index contributed by atoms with van der Waals surface area (Å²) < 4.78 is 2.27. The molecule has 3 nitrogen and oxygen atoms in total. The normalized spacial score (nSPS) is 24.3. The first-order valence-electron chi connectivity index (χ1n) is 6.70. The SMILES string of the molecule is CCSCCCNC1CCCC1n1ccnc1. The molecule has 1 heterocycles. The first-order valence-corrected chi connectivity index (χ1v) is 7.86. The van der Waals surface area contributed by atoms with Gasteiger partial charge in [0.05, 0.1) is 6.33 Å². The topological polar surface area (TPSA) is 29.9 Å². The Bertz CT molecular complexity index is 300. The summed E-state index contributed by atoms with van der Waals surface area (Å²) >= 11 is 2.03. The highest BCUT2D eigenvalue weighted by Crippen LogP contribution is 2.29. The predicted octanol–water partition coefficient (Wildman–Crippen LogP) is 2.71. The molecule has 17 heavy (non-hydrogen) atoms. The Labute approximate surface area is 108 Å². The van der Waals surface area contributed by atoms with Crippen LogP contribution in [0.5, 0.6) is 0 Å². The van der Waals surface area contributed by atoms with Crippen molar-refractivity contribution in [2.24, 2.45) is 0 Å². The van der Waals surface area contributed by atoms with Gasteiger partial charge in [-0.25, -0.2) is 4.98 Å². The molecular formula is C13H23N3S. The first kappa shape index (κ1) is 13.0. The van der Waals surface area contributed by atoms with E-state index in [1.165, 1.54) is 37.2 Å². The molecule has 1 aliphatic carbocycles. The fraction of sp³-hybridized carbons (Fsp3) is 0.769. The lowest BCUT2D eigenvalue weighted by atomic mass is 10.1. The van der Waals surface area contributed by atoms with Crippen molar-refractivity contribution in [2.75, 3.05) is 18.1 Å². The van der Waals surface area contributed by atoms with Crippen molar-refractivity contribution in [1.29, 1.82) is 0 Å². The average Bonchev–Trinajstić information content (AvgIpc) is 2.98. The van der Waals surface area contributed by atoms with Gasteiger partial charge in [0, 0.05) is 24.5 Å². The second-order valence-electron chi connectivity index (χ2n) is 4.62. The quantitative estimate of drug-likeness (QED) is 0.758. The van der Waals surface area contributed by atoms with Gasteiger partial charge in [0.25, 0.3) is 0 Å². The van der Waals surface area contributed by atoms with Crippen molar-refractivity contribution < 1.29 is 0 Å². The fourth-order valence-corrected chi connectivity index (χ4v) is 3.24. The van der Waals surface area contributed by atoms with Gasteiger partial charge in [0.15, 0.2) is 0 Å². The monoisotopic (exact) mass is 253 g/mol. The summed E-state index contributed by atoms with van der Waals surface area (Å²) in [4.78, 5) is 4.15. The van der Waals surface area contributed by atoms with Gasteiger partial charge in [-0.15, -0.1) is 0 Å². The largest absolute Gasteiger partial charge is 0.333 e. The summed E-state index contributed by atoms with van der Waals surface area (Å²) in [5, 5.41) is 3.72. The van der Waals surface area contributed by atoms with Crippen LogP contribution in [0.2, 0.25) is 0 Å². The van der Waals surface area contributed by atoms with Crippen LogP contribution in [0, 0.1) is 0 Å². The Morgan fingerprint density at radius 1 is 1.47 bits per heavy atom. The van der Waals surface area contributed by atoms with Crippen molar-refractivity contribution >= 4 is 11.8 Å². The molecule has 96 valence electrons. The number of aromatic nitrogens is 2. The van der Waals surface area contributed by atoms with E-state index in [0.29, 0.717) is 12.1 Å². The molecule has 0 bridgehead atoms. The molecule has 4 heteroatoms. The molecule has 1 saturated carbocycles. The van der Waals surface area contributed by atoms with Crippen LogP contribution in [0.15, 0.2) is 18.7 Å². The van der Waals surface area contributed by atoms with E-state index in [-0.39, 0.29) is 0 Å². The van der Waals surface area contributed by atoms with Gasteiger partial charge in [0.2, 0.25) is 0 Å². The van der Waals surface area contributed by atoms with E-state index in [4.69, 9.17) is 0 Å². The number of nitrogens with zero attached hydrogens (tertiary/aromatic N) is 2. The molecule has 1 aromatic heterocycles. The number of hydrogen-bond donors (Lipinski definition) is 1. The number of hydrogen-bond acceptors (Lipinski definition) is 3. The molecular weight excluding hydrogens is 230 g/mol. The maximum absolute atomic E-state index is 4.15. The van der Waals surface area contributed by atoms with Gasteiger partial charge >= 0.3 is 0 Å². The van der Waals surface area contributed by atoms with Crippen molar-refractivity contribution in [3.05, 3.63) is 18.7 Å². The Hall–Kier alpha value is -0.480. The lowest BCUT2D eigenvalue weighted by Crippen LogP contribution is -2.34. The predicted molar refractivity (Wildman–Crippen MR) is 74.5 cm³/mol.